The summed E-state index contributed by atoms with van der Waals surface area (Å²) in [4.78, 5) is 6.03. The van der Waals surface area contributed by atoms with Crippen molar-refractivity contribution in [1.82, 2.24) is 20.0 Å². The van der Waals surface area contributed by atoms with E-state index in [0.29, 0.717) is 47.8 Å². The van der Waals surface area contributed by atoms with Crippen molar-refractivity contribution in [3.05, 3.63) is 64.5 Å². The normalized spacial score (nSPS) is 32.0. The van der Waals surface area contributed by atoms with Crippen LogP contribution in [-0.2, 0) is 13.1 Å². The van der Waals surface area contributed by atoms with Gasteiger partial charge in [-0.1, -0.05) is 24.3 Å². The fraction of sp³-hybridized carbons (Fsp3) is 0.600. The molecule has 7 N–H and O–H groups in total. The van der Waals surface area contributed by atoms with Crippen LogP contribution < -0.4 is 10.6 Å². The number of likely N-dealkylation sites (tertiary alicyclic amines) is 2. The molecule has 3 saturated heterocycles. The summed E-state index contributed by atoms with van der Waals surface area (Å²) in [5.74, 6) is -0.296. The molecule has 4 aliphatic heterocycles. The molecule has 2 aromatic carbocycles. The monoisotopic (exact) mass is 571 g/mol. The van der Waals surface area contributed by atoms with Gasteiger partial charge in [0.2, 0.25) is 0 Å². The molecule has 0 radical (unpaired) electrons. The van der Waals surface area contributed by atoms with Gasteiger partial charge in [0.1, 0.15) is 37.0 Å². The molecule has 41 heavy (non-hydrogen) atoms. The fourth-order valence-corrected chi connectivity index (χ4v) is 7.13. The van der Waals surface area contributed by atoms with E-state index in [9.17, 15) is 25.5 Å². The molecule has 6 atom stereocenters. The predicted molar refractivity (Wildman–Crippen MR) is 150 cm³/mol. The number of benzene rings is 2. The van der Waals surface area contributed by atoms with Crippen molar-refractivity contribution < 1.29 is 29.9 Å². The first-order chi connectivity index (χ1) is 19.8. The van der Waals surface area contributed by atoms with Crippen LogP contribution >= 0.6 is 0 Å². The van der Waals surface area contributed by atoms with Crippen molar-refractivity contribution >= 4 is 5.69 Å². The number of aliphatic hydroxyl groups excluding tert-OH is 5. The highest BCUT2D eigenvalue weighted by Crippen LogP contribution is 2.45. The molecule has 0 aliphatic carbocycles. The number of halogens is 1. The van der Waals surface area contributed by atoms with E-state index in [1.54, 1.807) is 30.3 Å². The van der Waals surface area contributed by atoms with E-state index in [4.69, 9.17) is 0 Å². The summed E-state index contributed by atoms with van der Waals surface area (Å²) in [6.45, 7) is 3.72. The highest BCUT2D eigenvalue weighted by Gasteiger charge is 2.45. The smallest absolute Gasteiger partial charge is 0.138 e. The standard InChI is InChI=1S/C30H42FN5O5/c31-22-15-18(17-34-13-10-20(11-14-34)35-12-2-5-26(35)38)6-7-19(22)16-32-23-4-1-3-21-27(23)30(41)36(29(21)40)24-8-9-25(37)33-28(24)39/h1,3-4,6-7,15,20,24-26,28-30,32-33,37-41H,2,5,8-14,16-17H2. The number of anilines is 1. The molecule has 0 amide bonds. The first-order valence-electron chi connectivity index (χ1n) is 14.9. The summed E-state index contributed by atoms with van der Waals surface area (Å²) in [6, 6.07) is 10.5. The summed E-state index contributed by atoms with van der Waals surface area (Å²) in [5.41, 5.74) is 3.04. The molecule has 4 heterocycles. The average molecular weight is 572 g/mol. The van der Waals surface area contributed by atoms with Gasteiger partial charge in [0.25, 0.3) is 0 Å². The van der Waals surface area contributed by atoms with Crippen LogP contribution in [0, 0.1) is 5.82 Å². The molecule has 224 valence electrons. The zero-order valence-electron chi connectivity index (χ0n) is 23.2. The van der Waals surface area contributed by atoms with Crippen molar-refractivity contribution in [2.24, 2.45) is 0 Å². The van der Waals surface area contributed by atoms with Gasteiger partial charge in [0.05, 0.1) is 6.04 Å². The summed E-state index contributed by atoms with van der Waals surface area (Å²) in [5, 5.41) is 58.5. The van der Waals surface area contributed by atoms with Crippen LogP contribution in [0.4, 0.5) is 10.1 Å². The highest BCUT2D eigenvalue weighted by atomic mass is 19.1. The van der Waals surface area contributed by atoms with Gasteiger partial charge >= 0.3 is 0 Å². The van der Waals surface area contributed by atoms with Crippen molar-refractivity contribution in [3.8, 4) is 0 Å². The molecule has 10 nitrogen and oxygen atoms in total. The van der Waals surface area contributed by atoms with E-state index in [1.165, 1.54) is 4.90 Å². The maximum Gasteiger partial charge on any atom is 0.138 e. The van der Waals surface area contributed by atoms with Crippen molar-refractivity contribution in [3.63, 3.8) is 0 Å². The second-order valence-corrected chi connectivity index (χ2v) is 11.9. The zero-order chi connectivity index (χ0) is 28.7. The van der Waals surface area contributed by atoms with E-state index < -0.39 is 31.0 Å². The predicted octanol–water partition coefficient (Wildman–Crippen LogP) is 1.50. The molecule has 0 spiro atoms. The van der Waals surface area contributed by atoms with E-state index in [2.05, 4.69) is 20.4 Å². The van der Waals surface area contributed by atoms with Crippen LogP contribution in [0.1, 0.15) is 73.2 Å². The third-order valence-electron chi connectivity index (χ3n) is 9.37. The van der Waals surface area contributed by atoms with Crippen LogP contribution in [0.25, 0.3) is 0 Å². The van der Waals surface area contributed by atoms with Crippen LogP contribution in [0.5, 0.6) is 0 Å². The Morgan fingerprint density at radius 1 is 0.902 bits per heavy atom. The Bertz CT molecular complexity index is 1210. The Balaban J connectivity index is 1.07. The largest absolute Gasteiger partial charge is 0.381 e. The van der Waals surface area contributed by atoms with Gasteiger partial charge in [-0.2, -0.15) is 0 Å². The molecular weight excluding hydrogens is 529 g/mol. The summed E-state index contributed by atoms with van der Waals surface area (Å²) < 4.78 is 15.2. The Labute approximate surface area is 240 Å². The molecule has 2 aromatic rings. The fourth-order valence-electron chi connectivity index (χ4n) is 7.13. The molecule has 0 aromatic heterocycles. The quantitative estimate of drug-likeness (QED) is 0.262. The van der Waals surface area contributed by atoms with Crippen molar-refractivity contribution in [1.29, 1.82) is 0 Å². The second-order valence-electron chi connectivity index (χ2n) is 11.9. The van der Waals surface area contributed by atoms with Crippen molar-refractivity contribution in [2.75, 3.05) is 25.0 Å². The van der Waals surface area contributed by atoms with Crippen LogP contribution in [-0.4, -0.2) is 90.6 Å². The average Bonchev–Trinajstić information content (AvgIpc) is 3.49. The zero-order valence-corrected chi connectivity index (χ0v) is 23.2. The van der Waals surface area contributed by atoms with Crippen molar-refractivity contribution in [2.45, 2.75) is 94.8 Å². The lowest BCUT2D eigenvalue weighted by Crippen LogP contribution is -2.57. The molecule has 0 bridgehead atoms. The summed E-state index contributed by atoms with van der Waals surface area (Å²) in [6.07, 6.45) is 0.192. The molecule has 0 saturated carbocycles. The number of nitrogens with zero attached hydrogens (tertiary/aromatic N) is 3. The summed E-state index contributed by atoms with van der Waals surface area (Å²) >= 11 is 0. The van der Waals surface area contributed by atoms with E-state index >= 15 is 4.39 Å². The molecule has 3 fully saturated rings. The summed E-state index contributed by atoms with van der Waals surface area (Å²) in [7, 11) is 0. The van der Waals surface area contributed by atoms with E-state index in [-0.39, 0.29) is 18.6 Å². The number of hydrogen-bond donors (Lipinski definition) is 7. The first-order valence-corrected chi connectivity index (χ1v) is 14.9. The Morgan fingerprint density at radius 3 is 2.41 bits per heavy atom. The minimum Gasteiger partial charge on any atom is -0.381 e. The Hall–Kier alpha value is -2.19. The number of hydrogen-bond acceptors (Lipinski definition) is 10. The highest BCUT2D eigenvalue weighted by molar-refractivity contribution is 5.58. The third kappa shape index (κ3) is 5.88. The lowest BCUT2D eigenvalue weighted by Gasteiger charge is -2.40. The number of piperidine rings is 2. The maximum atomic E-state index is 15.2. The van der Waals surface area contributed by atoms with Gasteiger partial charge in [0, 0.05) is 48.1 Å². The lowest BCUT2D eigenvalue weighted by molar-refractivity contribution is -0.158. The minimum atomic E-state index is -1.18. The molecular formula is C30H42FN5O5. The van der Waals surface area contributed by atoms with Gasteiger partial charge < -0.3 is 30.8 Å². The lowest BCUT2D eigenvalue weighted by atomic mass is 10.0. The van der Waals surface area contributed by atoms with Gasteiger partial charge in [-0.3, -0.25) is 15.1 Å². The first kappa shape index (κ1) is 28.9. The number of nitrogens with one attached hydrogen (secondary N) is 2. The third-order valence-corrected chi connectivity index (χ3v) is 9.37. The Kier molecular flexibility index (Phi) is 8.60. The Morgan fingerprint density at radius 2 is 1.71 bits per heavy atom. The van der Waals surface area contributed by atoms with Crippen LogP contribution in [0.15, 0.2) is 36.4 Å². The second kappa shape index (κ2) is 12.2. The molecule has 4 aliphatic rings. The van der Waals surface area contributed by atoms with E-state index in [1.807, 2.05) is 6.07 Å². The van der Waals surface area contributed by atoms with Crippen LogP contribution in [0.3, 0.4) is 0 Å². The molecule has 11 heteroatoms. The number of aliphatic hydroxyl groups is 5. The van der Waals surface area contributed by atoms with Gasteiger partial charge in [-0.15, -0.1) is 0 Å². The number of rotatable bonds is 7. The minimum absolute atomic E-state index is 0.203. The maximum absolute atomic E-state index is 15.2. The molecule has 6 rings (SSSR count). The van der Waals surface area contributed by atoms with E-state index in [0.717, 1.165) is 50.9 Å². The SMILES string of the molecule is OC1CCC(N2C(O)c3cccc(NCc4ccc(CN5CCC(N6CCCC6O)CC5)cc4F)c3C2O)C(O)N1. The topological polar surface area (TPSA) is 135 Å². The van der Waals surface area contributed by atoms with Crippen LogP contribution in [0.2, 0.25) is 0 Å². The van der Waals surface area contributed by atoms with Gasteiger partial charge in [0.15, 0.2) is 0 Å². The van der Waals surface area contributed by atoms with Gasteiger partial charge in [-0.25, -0.2) is 9.29 Å². The van der Waals surface area contributed by atoms with Gasteiger partial charge in [-0.05, 0) is 69.3 Å². The molecule has 6 unspecified atom stereocenters. The number of fused-ring (bicyclic) bond motifs is 1.